The number of carbonyl (C=O) groups excluding carboxylic acids is 1. The van der Waals surface area contributed by atoms with Gasteiger partial charge in [-0.1, -0.05) is 118 Å². The maximum Gasteiger partial charge on any atom is 0.150 e. The summed E-state index contributed by atoms with van der Waals surface area (Å²) in [6.07, 6.45) is 7.15. The number of aromatic hydroxyl groups is 2. The molecule has 0 amide bonds. The van der Waals surface area contributed by atoms with Crippen LogP contribution < -0.4 is 11.1 Å². The van der Waals surface area contributed by atoms with E-state index in [1.54, 1.807) is 61.1 Å². The summed E-state index contributed by atoms with van der Waals surface area (Å²) in [6, 6.07) is 29.9. The molecule has 5 N–H and O–H groups in total. The Bertz CT molecular complexity index is 2730. The molecule has 59 heavy (non-hydrogen) atoms. The number of hydrogen-bond acceptors (Lipinski definition) is 9. The van der Waals surface area contributed by atoms with Crippen molar-refractivity contribution >= 4 is 109 Å². The van der Waals surface area contributed by atoms with E-state index in [1.807, 2.05) is 68.4 Å². The Morgan fingerprint density at radius 1 is 0.627 bits per heavy atom. The fourth-order valence-electron chi connectivity index (χ4n) is 5.46. The van der Waals surface area contributed by atoms with E-state index < -0.39 is 6.04 Å². The van der Waals surface area contributed by atoms with Gasteiger partial charge in [0.1, 0.15) is 40.5 Å². The lowest BCUT2D eigenvalue weighted by molar-refractivity contribution is 0.112. The van der Waals surface area contributed by atoms with Gasteiger partial charge in [-0.3, -0.25) is 14.8 Å². The zero-order valence-electron chi connectivity index (χ0n) is 31.2. The third kappa shape index (κ3) is 12.1. The van der Waals surface area contributed by atoms with E-state index in [9.17, 15) is 15.0 Å². The average molecular weight is 908 g/mol. The minimum atomic E-state index is -0.441. The predicted molar refractivity (Wildman–Crippen MR) is 243 cm³/mol. The van der Waals surface area contributed by atoms with Crippen LogP contribution in [0, 0.1) is 13.8 Å². The molecule has 0 radical (unpaired) electrons. The van der Waals surface area contributed by atoms with Gasteiger partial charge >= 0.3 is 0 Å². The van der Waals surface area contributed by atoms with E-state index in [-0.39, 0.29) is 11.5 Å². The number of nitrogen functional groups attached to an aromatic ring is 1. The Kier molecular flexibility index (Phi) is 15.9. The number of pyridine rings is 4. The lowest BCUT2D eigenvalue weighted by Gasteiger charge is -2.23. The Morgan fingerprint density at radius 2 is 1.22 bits per heavy atom. The minimum Gasteiger partial charge on any atom is -0.506 e. The van der Waals surface area contributed by atoms with E-state index >= 15 is 0 Å². The van der Waals surface area contributed by atoms with Gasteiger partial charge in [-0.2, -0.15) is 0 Å². The quantitative estimate of drug-likeness (QED) is 0.124. The van der Waals surface area contributed by atoms with E-state index in [1.165, 1.54) is 12.3 Å². The van der Waals surface area contributed by atoms with Crippen molar-refractivity contribution in [3.8, 4) is 11.5 Å². The molecule has 1 unspecified atom stereocenters. The molecule has 0 aliphatic rings. The van der Waals surface area contributed by atoms with Gasteiger partial charge < -0.3 is 21.3 Å². The zero-order valence-corrected chi connectivity index (χ0v) is 35.8. The third-order valence-electron chi connectivity index (χ3n) is 8.47. The second-order valence-corrected chi connectivity index (χ2v) is 15.1. The van der Waals surface area contributed by atoms with Crippen LogP contribution in [-0.4, -0.2) is 36.4 Å². The first-order valence-electron chi connectivity index (χ1n) is 17.5. The maximum absolute atomic E-state index is 11.0. The third-order valence-corrected chi connectivity index (χ3v) is 10.4. The van der Waals surface area contributed by atoms with Crippen molar-refractivity contribution < 1.29 is 15.0 Å². The average Bonchev–Trinajstić information content (AvgIpc) is 3.23. The number of aldehydes is 1. The molecular weight excluding hydrogens is 873 g/mol. The van der Waals surface area contributed by atoms with Crippen molar-refractivity contribution in [2.75, 3.05) is 11.1 Å². The molecular formula is C44H34Cl6N6O3. The molecule has 0 bridgehead atoms. The summed E-state index contributed by atoms with van der Waals surface area (Å²) in [5, 5.41) is 28.5. The van der Waals surface area contributed by atoms with Crippen molar-refractivity contribution in [2.24, 2.45) is 0 Å². The second-order valence-electron chi connectivity index (χ2n) is 12.6. The van der Waals surface area contributed by atoms with Crippen molar-refractivity contribution in [3.63, 3.8) is 0 Å². The van der Waals surface area contributed by atoms with Gasteiger partial charge in [0, 0.05) is 46.7 Å². The fraction of sp³-hybridized carbons (Fsp3) is 0.0682. The Balaban J connectivity index is 0.000000179. The molecule has 0 spiro atoms. The van der Waals surface area contributed by atoms with Gasteiger partial charge in [0.05, 0.1) is 36.2 Å². The number of benzene rings is 4. The van der Waals surface area contributed by atoms with Crippen LogP contribution >= 0.6 is 69.6 Å². The molecule has 4 aromatic carbocycles. The van der Waals surface area contributed by atoms with Crippen molar-refractivity contribution in [1.82, 2.24) is 19.9 Å². The highest BCUT2D eigenvalue weighted by atomic mass is 35.5. The van der Waals surface area contributed by atoms with Crippen LogP contribution in [-0.2, 0) is 0 Å². The number of nitrogens with one attached hydrogen (secondary N) is 1. The molecule has 4 heterocycles. The Morgan fingerprint density at radius 3 is 1.81 bits per heavy atom. The molecule has 4 aromatic heterocycles. The molecule has 0 aliphatic carbocycles. The van der Waals surface area contributed by atoms with E-state index in [0.29, 0.717) is 63.9 Å². The first-order valence-corrected chi connectivity index (χ1v) is 19.7. The van der Waals surface area contributed by atoms with Crippen LogP contribution in [0.2, 0.25) is 30.1 Å². The number of aromatic nitrogens is 4. The number of hydrogen-bond donors (Lipinski definition) is 4. The van der Waals surface area contributed by atoms with Crippen molar-refractivity contribution in [3.05, 3.63) is 186 Å². The van der Waals surface area contributed by atoms with E-state index in [2.05, 4.69) is 25.3 Å². The fourth-order valence-corrected chi connectivity index (χ4v) is 6.50. The predicted octanol–water partition coefficient (Wildman–Crippen LogP) is 13.2. The van der Waals surface area contributed by atoms with Gasteiger partial charge in [-0.25, -0.2) is 9.97 Å². The highest BCUT2D eigenvalue weighted by Gasteiger charge is 2.22. The standard InChI is InChI=1S/C22H16Cl3N3O.C9H7NO.C7H4Cl2O.C6H7ClN2/c1-12-9-15(23)11-27-22(12)28-19(14-5-7-17(24)18(25)10-14)16-6-4-13-3-2-8-26-20(13)21(16)29;11-8-5-1-3-7-4-2-6-10-9(7)8;8-6-2-1-5(4-10)3-7(6)9;1-4-2-5(7)3-9-6(4)8/h2-11,19,29H,1H3,(H,27,28);1-6,11H;1-4H;2-3H,1H3,(H2,8,9). The summed E-state index contributed by atoms with van der Waals surface area (Å²) in [7, 11) is 0. The van der Waals surface area contributed by atoms with Gasteiger partial charge in [-0.15, -0.1) is 0 Å². The molecule has 0 fully saturated rings. The lowest BCUT2D eigenvalue weighted by Crippen LogP contribution is -2.14. The number of phenols is 2. The number of phenolic OH excluding ortho intramolecular Hbond substituents is 2. The van der Waals surface area contributed by atoms with E-state index in [4.69, 9.17) is 75.3 Å². The second kappa shape index (κ2) is 21.0. The summed E-state index contributed by atoms with van der Waals surface area (Å²) in [5.74, 6) is 1.52. The number of aryl methyl sites for hydroxylation is 2. The highest BCUT2D eigenvalue weighted by Crippen LogP contribution is 2.38. The zero-order chi connectivity index (χ0) is 42.6. The van der Waals surface area contributed by atoms with Crippen molar-refractivity contribution in [1.29, 1.82) is 0 Å². The van der Waals surface area contributed by atoms with Gasteiger partial charge in [0.2, 0.25) is 0 Å². The molecule has 0 aliphatic heterocycles. The van der Waals surface area contributed by atoms with Crippen LogP contribution in [0.1, 0.15) is 38.7 Å². The molecule has 9 nitrogen and oxygen atoms in total. The first-order chi connectivity index (χ1) is 28.2. The minimum absolute atomic E-state index is 0.0956. The largest absolute Gasteiger partial charge is 0.506 e. The number of carbonyl (C=O) groups is 1. The number of nitrogens with two attached hydrogens (primary N) is 1. The normalized spacial score (nSPS) is 10.9. The number of nitrogens with zero attached hydrogens (tertiary/aromatic N) is 4. The van der Waals surface area contributed by atoms with Crippen LogP contribution in [0.3, 0.4) is 0 Å². The SMILES string of the molecule is Cc1cc(Cl)cnc1N.Cc1cc(Cl)cnc1NC(c1ccc(Cl)c(Cl)c1)c1ccc2cccnc2c1O.O=Cc1ccc(Cl)c(Cl)c1.Oc1cccc2cccnc12. The molecule has 0 saturated carbocycles. The Hall–Kier alpha value is -5.39. The Labute approximate surface area is 370 Å². The van der Waals surface area contributed by atoms with Crippen molar-refractivity contribution in [2.45, 2.75) is 19.9 Å². The van der Waals surface area contributed by atoms with Crippen LogP contribution in [0.25, 0.3) is 21.8 Å². The molecule has 1 atom stereocenters. The summed E-state index contributed by atoms with van der Waals surface area (Å²) in [4.78, 5) is 26.8. The number of halogens is 6. The lowest BCUT2D eigenvalue weighted by atomic mass is 9.96. The van der Waals surface area contributed by atoms with Gasteiger partial charge in [0.15, 0.2) is 0 Å². The van der Waals surface area contributed by atoms with E-state index in [0.717, 1.165) is 33.7 Å². The molecule has 15 heteroatoms. The first kappa shape index (κ1) is 44.7. The number of anilines is 2. The smallest absolute Gasteiger partial charge is 0.150 e. The monoisotopic (exact) mass is 904 g/mol. The van der Waals surface area contributed by atoms with Gasteiger partial charge in [0.25, 0.3) is 0 Å². The highest BCUT2D eigenvalue weighted by molar-refractivity contribution is 6.42. The number of fused-ring (bicyclic) bond motifs is 2. The summed E-state index contributed by atoms with van der Waals surface area (Å²) in [5.41, 5.74) is 10.4. The van der Waals surface area contributed by atoms with Crippen LogP contribution in [0.4, 0.5) is 11.6 Å². The topological polar surface area (TPSA) is 147 Å². The molecule has 8 aromatic rings. The molecule has 300 valence electrons. The van der Waals surface area contributed by atoms with Crippen LogP contribution in [0.15, 0.2) is 128 Å². The molecule has 8 rings (SSSR count). The number of rotatable bonds is 5. The maximum atomic E-state index is 11.0. The number of para-hydroxylation sites is 1. The van der Waals surface area contributed by atoms with Crippen LogP contribution in [0.5, 0.6) is 11.5 Å². The summed E-state index contributed by atoms with van der Waals surface area (Å²) in [6.45, 7) is 3.78. The molecule has 0 saturated heterocycles. The van der Waals surface area contributed by atoms with Gasteiger partial charge in [-0.05, 0) is 85.1 Å². The summed E-state index contributed by atoms with van der Waals surface area (Å²) < 4.78 is 0. The summed E-state index contributed by atoms with van der Waals surface area (Å²) >= 11 is 35.2.